The third-order valence-electron chi connectivity index (χ3n) is 4.48. The van der Waals surface area contributed by atoms with Gasteiger partial charge in [-0.2, -0.15) is 0 Å². The zero-order chi connectivity index (χ0) is 16.2. The molecule has 1 aliphatic heterocycles. The quantitative estimate of drug-likeness (QED) is 0.630. The molecule has 1 saturated heterocycles. The minimum Gasteiger partial charge on any atom is -0.349 e. The monoisotopic (exact) mass is 302 g/mol. The molecule has 0 aromatic heterocycles. The minimum absolute atomic E-state index is 0.160. The van der Waals surface area contributed by atoms with Crippen molar-refractivity contribution in [2.24, 2.45) is 4.99 Å². The van der Waals surface area contributed by atoms with E-state index in [-0.39, 0.29) is 5.54 Å². The van der Waals surface area contributed by atoms with Crippen LogP contribution in [-0.2, 0) is 6.54 Å². The second-order valence-electron chi connectivity index (χ2n) is 6.91. The lowest BCUT2D eigenvalue weighted by Crippen LogP contribution is -2.44. The minimum atomic E-state index is 0.160. The first-order chi connectivity index (χ1) is 10.4. The number of benzene rings is 1. The van der Waals surface area contributed by atoms with Crippen LogP contribution in [0.25, 0.3) is 0 Å². The summed E-state index contributed by atoms with van der Waals surface area (Å²) in [5.41, 5.74) is 1.55. The normalized spacial score (nSPS) is 21.7. The predicted octanol–water partition coefficient (Wildman–Crippen LogP) is 2.52. The molecule has 1 aliphatic rings. The summed E-state index contributed by atoms with van der Waals surface area (Å²) in [5.74, 6) is 1.03. The summed E-state index contributed by atoms with van der Waals surface area (Å²) in [5, 5.41) is 0. The molecule has 22 heavy (non-hydrogen) atoms. The summed E-state index contributed by atoms with van der Waals surface area (Å²) in [4.78, 5) is 11.7. The average molecular weight is 302 g/mol. The topological polar surface area (TPSA) is 22.1 Å². The Kier molecular flexibility index (Phi) is 5.46. The van der Waals surface area contributed by atoms with E-state index in [0.717, 1.165) is 19.0 Å². The van der Waals surface area contributed by atoms with Crippen molar-refractivity contribution < 1.29 is 0 Å². The molecular formula is C18H30N4. The number of nitrogens with zero attached hydrogens (tertiary/aromatic N) is 4. The zero-order valence-corrected chi connectivity index (χ0v) is 14.7. The lowest BCUT2D eigenvalue weighted by atomic mass is 9.98. The molecule has 0 N–H and O–H groups in total. The molecule has 0 saturated carbocycles. The second kappa shape index (κ2) is 7.14. The van der Waals surface area contributed by atoms with Gasteiger partial charge in [-0.1, -0.05) is 30.3 Å². The first-order valence-corrected chi connectivity index (χ1v) is 8.10. The van der Waals surface area contributed by atoms with Gasteiger partial charge in [-0.3, -0.25) is 9.89 Å². The molecule has 1 unspecified atom stereocenters. The van der Waals surface area contributed by atoms with Crippen LogP contribution in [0.1, 0.15) is 25.3 Å². The highest BCUT2D eigenvalue weighted by Gasteiger charge is 2.36. The molecule has 0 spiro atoms. The van der Waals surface area contributed by atoms with Gasteiger partial charge in [0.25, 0.3) is 0 Å². The van der Waals surface area contributed by atoms with E-state index in [9.17, 15) is 0 Å². The van der Waals surface area contributed by atoms with E-state index in [4.69, 9.17) is 4.99 Å². The third-order valence-corrected chi connectivity index (χ3v) is 4.48. The van der Waals surface area contributed by atoms with Gasteiger partial charge in [0.1, 0.15) is 0 Å². The van der Waals surface area contributed by atoms with Crippen LogP contribution in [0, 0.1) is 0 Å². The summed E-state index contributed by atoms with van der Waals surface area (Å²) in [6.45, 7) is 5.40. The third kappa shape index (κ3) is 4.01. The molecule has 4 heteroatoms. The van der Waals surface area contributed by atoms with Gasteiger partial charge in [0, 0.05) is 40.3 Å². The van der Waals surface area contributed by atoms with E-state index in [1.165, 1.54) is 24.9 Å². The summed E-state index contributed by atoms with van der Waals surface area (Å²) in [6.07, 6.45) is 2.48. The van der Waals surface area contributed by atoms with Gasteiger partial charge in [0.15, 0.2) is 5.96 Å². The van der Waals surface area contributed by atoms with Crippen molar-refractivity contribution in [2.45, 2.75) is 31.8 Å². The van der Waals surface area contributed by atoms with Crippen molar-refractivity contribution in [2.75, 3.05) is 41.3 Å². The van der Waals surface area contributed by atoms with Gasteiger partial charge < -0.3 is 9.80 Å². The van der Waals surface area contributed by atoms with Gasteiger partial charge >= 0.3 is 0 Å². The van der Waals surface area contributed by atoms with Crippen molar-refractivity contribution >= 4 is 5.96 Å². The van der Waals surface area contributed by atoms with Crippen LogP contribution in [-0.4, -0.2) is 67.5 Å². The summed E-state index contributed by atoms with van der Waals surface area (Å²) >= 11 is 0. The molecule has 0 radical (unpaired) electrons. The van der Waals surface area contributed by atoms with Crippen molar-refractivity contribution in [3.8, 4) is 0 Å². The smallest absolute Gasteiger partial charge is 0.195 e. The van der Waals surface area contributed by atoms with Gasteiger partial charge in [-0.15, -0.1) is 0 Å². The molecule has 0 amide bonds. The Bertz CT molecular complexity index is 485. The maximum Gasteiger partial charge on any atom is 0.195 e. The number of hydrogen-bond acceptors (Lipinski definition) is 2. The fourth-order valence-electron chi connectivity index (χ4n) is 3.26. The summed E-state index contributed by atoms with van der Waals surface area (Å²) in [7, 11) is 8.21. The summed E-state index contributed by atoms with van der Waals surface area (Å²) < 4.78 is 0. The maximum absolute atomic E-state index is 4.90. The van der Waals surface area contributed by atoms with E-state index in [0.29, 0.717) is 0 Å². The molecule has 122 valence electrons. The molecular weight excluding hydrogens is 272 g/mol. The van der Waals surface area contributed by atoms with E-state index >= 15 is 0 Å². The largest absolute Gasteiger partial charge is 0.349 e. The molecule has 0 bridgehead atoms. The van der Waals surface area contributed by atoms with Crippen LogP contribution in [0.3, 0.4) is 0 Å². The molecule has 1 heterocycles. The molecule has 0 aliphatic carbocycles. The highest BCUT2D eigenvalue weighted by Crippen LogP contribution is 2.31. The van der Waals surface area contributed by atoms with Crippen molar-refractivity contribution in [3.63, 3.8) is 0 Å². The molecule has 1 aromatic carbocycles. The SMILES string of the molecule is CN(C)C(=NCC1(C)CCCN1Cc1ccccc1)N(C)C. The molecule has 1 atom stereocenters. The van der Waals surface area contributed by atoms with Crippen LogP contribution in [0.4, 0.5) is 0 Å². The molecule has 1 fully saturated rings. The summed E-state index contributed by atoms with van der Waals surface area (Å²) in [6, 6.07) is 10.8. The first-order valence-electron chi connectivity index (χ1n) is 8.10. The fraction of sp³-hybridized carbons (Fsp3) is 0.611. The Labute approximate surface area is 135 Å². The number of likely N-dealkylation sites (tertiary alicyclic amines) is 1. The van der Waals surface area contributed by atoms with E-state index < -0.39 is 0 Å². The number of hydrogen-bond donors (Lipinski definition) is 0. The van der Waals surface area contributed by atoms with Crippen LogP contribution in [0.15, 0.2) is 35.3 Å². The van der Waals surface area contributed by atoms with Gasteiger partial charge in [-0.25, -0.2) is 0 Å². The van der Waals surface area contributed by atoms with Gasteiger partial charge in [0.2, 0.25) is 0 Å². The first kappa shape index (κ1) is 16.8. The van der Waals surface area contributed by atoms with Crippen LogP contribution >= 0.6 is 0 Å². The number of aliphatic imine (C=N–C) groups is 1. The van der Waals surface area contributed by atoms with Crippen molar-refractivity contribution in [1.82, 2.24) is 14.7 Å². The Morgan fingerprint density at radius 2 is 1.77 bits per heavy atom. The van der Waals surface area contributed by atoms with Gasteiger partial charge in [-0.05, 0) is 31.9 Å². The zero-order valence-electron chi connectivity index (χ0n) is 14.7. The number of guanidine groups is 1. The molecule has 4 nitrogen and oxygen atoms in total. The lowest BCUT2D eigenvalue weighted by Gasteiger charge is -2.35. The van der Waals surface area contributed by atoms with Crippen LogP contribution in [0.5, 0.6) is 0 Å². The highest BCUT2D eigenvalue weighted by molar-refractivity contribution is 5.79. The lowest BCUT2D eigenvalue weighted by molar-refractivity contribution is 0.155. The average Bonchev–Trinajstić information content (AvgIpc) is 2.81. The predicted molar refractivity (Wildman–Crippen MR) is 94.2 cm³/mol. The maximum atomic E-state index is 4.90. The molecule has 2 rings (SSSR count). The van der Waals surface area contributed by atoms with Gasteiger partial charge in [0.05, 0.1) is 6.54 Å². The Balaban J connectivity index is 2.08. The van der Waals surface area contributed by atoms with Crippen molar-refractivity contribution in [1.29, 1.82) is 0 Å². The van der Waals surface area contributed by atoms with E-state index in [1.807, 2.05) is 0 Å². The Morgan fingerprint density at radius 1 is 1.14 bits per heavy atom. The van der Waals surface area contributed by atoms with Crippen LogP contribution in [0.2, 0.25) is 0 Å². The standard InChI is InChI=1S/C18H30N4/c1-18(15-19-17(20(2)3)21(4)5)12-9-13-22(18)14-16-10-7-6-8-11-16/h6-8,10-11H,9,12-15H2,1-5H3. The van der Waals surface area contributed by atoms with Crippen LogP contribution < -0.4 is 0 Å². The van der Waals surface area contributed by atoms with Crippen molar-refractivity contribution in [3.05, 3.63) is 35.9 Å². The fourth-order valence-corrected chi connectivity index (χ4v) is 3.26. The van der Waals surface area contributed by atoms with E-state index in [1.54, 1.807) is 0 Å². The second-order valence-corrected chi connectivity index (χ2v) is 6.91. The van der Waals surface area contributed by atoms with E-state index in [2.05, 4.69) is 80.1 Å². The Morgan fingerprint density at radius 3 is 2.36 bits per heavy atom. The number of rotatable bonds is 4. The molecule has 1 aromatic rings. The highest BCUT2D eigenvalue weighted by atomic mass is 15.3. The Hall–Kier alpha value is -1.55.